The average molecular weight is 708 g/mol. The number of ether oxygens (including phenoxy) is 2. The lowest BCUT2D eigenvalue weighted by atomic mass is 10.3. The first kappa shape index (κ1) is 30.1. The van der Waals surface area contributed by atoms with Gasteiger partial charge in [-0.05, 0) is 95.4 Å². The molecule has 4 aromatic rings. The minimum atomic E-state index is -4.06. The summed E-state index contributed by atoms with van der Waals surface area (Å²) in [6, 6.07) is 24.7. The van der Waals surface area contributed by atoms with E-state index < -0.39 is 32.5 Å². The molecule has 214 valence electrons. The molecule has 4 rings (SSSR count). The standard InChI is InChI=1S/C28H26IN3O7S2/c1-38-23-14-17-26(27(18-23)39-2)31-40(34,35)24-15-10-21(11-16-24)30-28(33)19-32(22-12-8-20(29)9-13-22)41(36,37)25-6-4-3-5-7-25/h3-18,31H,19H2,1-2H3,(H,30,33). The normalized spacial score (nSPS) is 11.4. The molecule has 0 bridgehead atoms. The first-order chi connectivity index (χ1) is 19.5. The summed E-state index contributed by atoms with van der Waals surface area (Å²) in [6.45, 7) is -0.503. The molecule has 0 aliphatic heterocycles. The Bertz CT molecular complexity index is 1730. The number of rotatable bonds is 11. The summed E-state index contributed by atoms with van der Waals surface area (Å²) in [5.41, 5.74) is 0.836. The van der Waals surface area contributed by atoms with Gasteiger partial charge in [0.2, 0.25) is 5.91 Å². The van der Waals surface area contributed by atoms with E-state index in [2.05, 4.69) is 32.6 Å². The zero-order chi connectivity index (χ0) is 29.6. The highest BCUT2D eigenvalue weighted by Crippen LogP contribution is 2.31. The highest BCUT2D eigenvalue weighted by atomic mass is 127. The fourth-order valence-electron chi connectivity index (χ4n) is 3.78. The van der Waals surface area contributed by atoms with Crippen molar-refractivity contribution in [3.8, 4) is 11.5 Å². The highest BCUT2D eigenvalue weighted by molar-refractivity contribution is 14.1. The van der Waals surface area contributed by atoms with Gasteiger partial charge in [-0.1, -0.05) is 18.2 Å². The third-order valence-electron chi connectivity index (χ3n) is 5.83. The predicted octanol–water partition coefficient (Wildman–Crippen LogP) is 4.94. The molecule has 0 spiro atoms. The van der Waals surface area contributed by atoms with E-state index in [0.29, 0.717) is 11.4 Å². The van der Waals surface area contributed by atoms with Gasteiger partial charge in [0.1, 0.15) is 18.0 Å². The van der Waals surface area contributed by atoms with E-state index in [1.807, 2.05) is 0 Å². The van der Waals surface area contributed by atoms with Crippen LogP contribution in [0.4, 0.5) is 17.1 Å². The Morgan fingerprint density at radius 1 is 0.805 bits per heavy atom. The third-order valence-corrected chi connectivity index (χ3v) is 9.72. The molecule has 0 aromatic heterocycles. The highest BCUT2D eigenvalue weighted by Gasteiger charge is 2.27. The SMILES string of the molecule is COc1ccc(NS(=O)(=O)c2ccc(NC(=O)CN(c3ccc(I)cc3)S(=O)(=O)c3ccccc3)cc2)c(OC)c1. The van der Waals surface area contributed by atoms with Crippen LogP contribution in [0.15, 0.2) is 107 Å². The molecule has 0 aliphatic rings. The smallest absolute Gasteiger partial charge is 0.264 e. The molecule has 1 amide bonds. The van der Waals surface area contributed by atoms with Crippen molar-refractivity contribution in [3.05, 3.63) is 101 Å². The molecule has 0 unspecified atom stereocenters. The molecule has 0 saturated carbocycles. The summed E-state index contributed by atoms with van der Waals surface area (Å²) in [5.74, 6) is 0.168. The Morgan fingerprint density at radius 2 is 1.46 bits per heavy atom. The molecule has 0 radical (unpaired) electrons. The second-order valence-electron chi connectivity index (χ2n) is 8.55. The second-order valence-corrected chi connectivity index (χ2v) is 13.3. The van der Waals surface area contributed by atoms with Gasteiger partial charge in [0.15, 0.2) is 0 Å². The van der Waals surface area contributed by atoms with E-state index in [4.69, 9.17) is 9.47 Å². The number of methoxy groups -OCH3 is 2. The molecule has 0 heterocycles. The van der Waals surface area contributed by atoms with E-state index in [1.165, 1.54) is 56.7 Å². The van der Waals surface area contributed by atoms with Crippen LogP contribution in [0.3, 0.4) is 0 Å². The number of amides is 1. The van der Waals surface area contributed by atoms with Crippen molar-refractivity contribution in [2.24, 2.45) is 0 Å². The van der Waals surface area contributed by atoms with Gasteiger partial charge < -0.3 is 14.8 Å². The number of carbonyl (C=O) groups excluding carboxylic acids is 1. The molecular weight excluding hydrogens is 681 g/mol. The fraction of sp³-hybridized carbons (Fsp3) is 0.107. The lowest BCUT2D eigenvalue weighted by Crippen LogP contribution is -2.38. The molecule has 0 fully saturated rings. The van der Waals surface area contributed by atoms with Crippen molar-refractivity contribution in [1.29, 1.82) is 0 Å². The first-order valence-corrected chi connectivity index (χ1v) is 16.0. The molecule has 0 aliphatic carbocycles. The van der Waals surface area contributed by atoms with Gasteiger partial charge in [-0.15, -0.1) is 0 Å². The Balaban J connectivity index is 1.51. The Morgan fingerprint density at radius 3 is 2.07 bits per heavy atom. The Hall–Kier alpha value is -3.82. The monoisotopic (exact) mass is 707 g/mol. The summed E-state index contributed by atoms with van der Waals surface area (Å²) in [5, 5.41) is 2.64. The number of hydrogen-bond donors (Lipinski definition) is 2. The maximum absolute atomic E-state index is 13.4. The summed E-state index contributed by atoms with van der Waals surface area (Å²) in [7, 11) is -5.15. The summed E-state index contributed by atoms with van der Waals surface area (Å²) in [4.78, 5) is 13.0. The first-order valence-electron chi connectivity index (χ1n) is 12.0. The number of anilines is 3. The van der Waals surface area contributed by atoms with Gasteiger partial charge in [0, 0.05) is 15.3 Å². The van der Waals surface area contributed by atoms with Crippen LogP contribution in [-0.2, 0) is 24.8 Å². The maximum atomic E-state index is 13.4. The molecular formula is C28H26IN3O7S2. The van der Waals surface area contributed by atoms with E-state index >= 15 is 0 Å². The van der Waals surface area contributed by atoms with Crippen LogP contribution in [0.2, 0.25) is 0 Å². The van der Waals surface area contributed by atoms with Gasteiger partial charge in [-0.25, -0.2) is 16.8 Å². The molecule has 0 atom stereocenters. The number of nitrogens with one attached hydrogen (secondary N) is 2. The lowest BCUT2D eigenvalue weighted by molar-refractivity contribution is -0.114. The van der Waals surface area contributed by atoms with Crippen molar-refractivity contribution >= 4 is 65.6 Å². The van der Waals surface area contributed by atoms with Gasteiger partial charge in [0.05, 0.1) is 35.4 Å². The molecule has 13 heteroatoms. The summed E-state index contributed by atoms with van der Waals surface area (Å²) < 4.78 is 67.6. The van der Waals surface area contributed by atoms with E-state index in [0.717, 1.165) is 7.88 Å². The van der Waals surface area contributed by atoms with Crippen LogP contribution in [0.5, 0.6) is 11.5 Å². The number of carbonyl (C=O) groups is 1. The van der Waals surface area contributed by atoms with Crippen molar-refractivity contribution in [2.75, 3.05) is 35.1 Å². The molecule has 4 aromatic carbocycles. The van der Waals surface area contributed by atoms with Crippen LogP contribution in [0.25, 0.3) is 0 Å². The maximum Gasteiger partial charge on any atom is 0.264 e. The van der Waals surface area contributed by atoms with Gasteiger partial charge >= 0.3 is 0 Å². The van der Waals surface area contributed by atoms with Crippen LogP contribution >= 0.6 is 22.6 Å². The fourth-order valence-corrected chi connectivity index (χ4v) is 6.65. The summed E-state index contributed by atoms with van der Waals surface area (Å²) >= 11 is 2.11. The van der Waals surface area contributed by atoms with Gasteiger partial charge in [-0.2, -0.15) is 0 Å². The van der Waals surface area contributed by atoms with Crippen LogP contribution in [0.1, 0.15) is 0 Å². The van der Waals surface area contributed by atoms with Crippen LogP contribution in [-0.4, -0.2) is 43.5 Å². The van der Waals surface area contributed by atoms with Crippen molar-refractivity contribution in [1.82, 2.24) is 0 Å². The Labute approximate surface area is 252 Å². The molecule has 2 N–H and O–H groups in total. The number of benzene rings is 4. The zero-order valence-corrected chi connectivity index (χ0v) is 25.7. The quantitative estimate of drug-likeness (QED) is 0.211. The summed E-state index contributed by atoms with van der Waals surface area (Å²) in [6.07, 6.45) is 0. The lowest BCUT2D eigenvalue weighted by Gasteiger charge is -2.24. The van der Waals surface area contributed by atoms with Gasteiger partial charge in [0.25, 0.3) is 20.0 Å². The minimum Gasteiger partial charge on any atom is -0.497 e. The van der Waals surface area contributed by atoms with Crippen molar-refractivity contribution < 1.29 is 31.1 Å². The topological polar surface area (TPSA) is 131 Å². The average Bonchev–Trinajstić information content (AvgIpc) is 2.97. The van der Waals surface area contributed by atoms with Crippen molar-refractivity contribution in [2.45, 2.75) is 9.79 Å². The van der Waals surface area contributed by atoms with Crippen molar-refractivity contribution in [3.63, 3.8) is 0 Å². The second kappa shape index (κ2) is 12.8. The molecule has 0 saturated heterocycles. The number of nitrogens with zero attached hydrogens (tertiary/aromatic N) is 1. The molecule has 10 nitrogen and oxygen atoms in total. The zero-order valence-electron chi connectivity index (χ0n) is 21.9. The number of halogens is 1. The largest absolute Gasteiger partial charge is 0.497 e. The van der Waals surface area contributed by atoms with E-state index in [1.54, 1.807) is 54.6 Å². The Kier molecular flexibility index (Phi) is 9.40. The van der Waals surface area contributed by atoms with Gasteiger partial charge in [-0.3, -0.25) is 13.8 Å². The van der Waals surface area contributed by atoms with Crippen LogP contribution in [0, 0.1) is 3.57 Å². The van der Waals surface area contributed by atoms with E-state index in [-0.39, 0.29) is 26.9 Å². The predicted molar refractivity (Wildman–Crippen MR) is 166 cm³/mol. The molecule has 41 heavy (non-hydrogen) atoms. The number of hydrogen-bond acceptors (Lipinski definition) is 7. The third kappa shape index (κ3) is 7.28. The van der Waals surface area contributed by atoms with Crippen LogP contribution < -0.4 is 23.8 Å². The van der Waals surface area contributed by atoms with E-state index in [9.17, 15) is 21.6 Å². The number of sulfonamides is 2. The minimum absolute atomic E-state index is 0.0434.